The van der Waals surface area contributed by atoms with E-state index in [2.05, 4.69) is 15.3 Å². The van der Waals surface area contributed by atoms with E-state index < -0.39 is 0 Å². The average Bonchev–Trinajstić information content (AvgIpc) is 3.05. The Morgan fingerprint density at radius 3 is 2.40 bits per heavy atom. The summed E-state index contributed by atoms with van der Waals surface area (Å²) >= 11 is 13.0. The van der Waals surface area contributed by atoms with Gasteiger partial charge in [-0.3, -0.25) is 24.7 Å². The maximum atomic E-state index is 6.60. The van der Waals surface area contributed by atoms with Crippen LogP contribution in [0, 0.1) is 6.92 Å². The Labute approximate surface area is 185 Å². The first-order valence-electron chi connectivity index (χ1n) is 9.19. The van der Waals surface area contributed by atoms with Crippen molar-refractivity contribution in [1.82, 2.24) is 20.6 Å². The maximum absolute atomic E-state index is 6.60. The predicted octanol–water partition coefficient (Wildman–Crippen LogP) is 4.16. The van der Waals surface area contributed by atoms with Gasteiger partial charge < -0.3 is 5.32 Å². The van der Waals surface area contributed by atoms with Gasteiger partial charge in [0, 0.05) is 23.2 Å². The molecule has 0 unspecified atom stereocenters. The largest absolute Gasteiger partial charge is 0.323 e. The number of hydrogen-bond acceptors (Lipinski definition) is 8. The highest BCUT2D eigenvalue weighted by Crippen LogP contribution is 2.48. The van der Waals surface area contributed by atoms with Crippen LogP contribution in [0.5, 0.6) is 0 Å². The van der Waals surface area contributed by atoms with E-state index in [-0.39, 0.29) is 0 Å². The topological polar surface area (TPSA) is 66.0 Å². The van der Waals surface area contributed by atoms with E-state index in [1.54, 1.807) is 26.6 Å². The van der Waals surface area contributed by atoms with Crippen molar-refractivity contribution in [2.75, 3.05) is 38.5 Å². The average molecular weight is 451 g/mol. The second kappa shape index (κ2) is 9.74. The summed E-state index contributed by atoms with van der Waals surface area (Å²) in [5.41, 5.74) is 4.85. The van der Waals surface area contributed by atoms with Gasteiger partial charge in [0.05, 0.1) is 41.8 Å². The van der Waals surface area contributed by atoms with Crippen molar-refractivity contribution in [2.45, 2.75) is 13.5 Å². The first-order valence-corrected chi connectivity index (χ1v) is 9.95. The van der Waals surface area contributed by atoms with Gasteiger partial charge in [-0.15, -0.1) is 5.17 Å². The van der Waals surface area contributed by atoms with E-state index in [9.17, 15) is 0 Å². The molecular formula is C20H24Cl2N6O2. The minimum absolute atomic E-state index is 0.426. The van der Waals surface area contributed by atoms with Gasteiger partial charge in [0.1, 0.15) is 11.4 Å². The SMILES string of the molecule is CNC.CON1c2cc(C)c(Cl)c(Cl)c2N(Cc2cccc3nccnc23)N1OC. The van der Waals surface area contributed by atoms with Crippen LogP contribution in [0.4, 0.5) is 11.4 Å². The third kappa shape index (κ3) is 4.02. The van der Waals surface area contributed by atoms with Crippen LogP contribution < -0.4 is 15.5 Å². The molecule has 0 fully saturated rings. The standard InChI is InChI=1S/C18H17Cl2N5O2.C2H7N/c1-11-9-14-18(16(20)15(11)19)23(25(27-3)24(14)26-2)10-12-5-4-6-13-17(12)22-8-7-21-13;1-3-2/h4-9H,10H2,1-3H3;3H,1-2H3. The van der Waals surface area contributed by atoms with Crippen LogP contribution in [-0.4, -0.2) is 43.6 Å². The highest BCUT2D eigenvalue weighted by Gasteiger charge is 2.39. The van der Waals surface area contributed by atoms with E-state index in [0.717, 1.165) is 27.8 Å². The van der Waals surface area contributed by atoms with Crippen LogP contribution in [0.25, 0.3) is 11.0 Å². The molecule has 0 amide bonds. The van der Waals surface area contributed by atoms with E-state index in [1.807, 2.05) is 50.3 Å². The number of rotatable bonds is 4. The highest BCUT2D eigenvalue weighted by atomic mass is 35.5. The fourth-order valence-corrected chi connectivity index (χ4v) is 3.70. The van der Waals surface area contributed by atoms with Crippen LogP contribution in [0.3, 0.4) is 0 Å². The van der Waals surface area contributed by atoms with Gasteiger partial charge in [-0.1, -0.05) is 35.3 Å². The summed E-state index contributed by atoms with van der Waals surface area (Å²) in [6.45, 7) is 2.32. The quantitative estimate of drug-likeness (QED) is 0.635. The van der Waals surface area contributed by atoms with Crippen LogP contribution >= 0.6 is 23.2 Å². The number of nitrogens with one attached hydrogen (secondary N) is 1. The number of halogens is 2. The molecule has 8 nitrogen and oxygen atoms in total. The zero-order valence-corrected chi connectivity index (χ0v) is 19.0. The number of aromatic nitrogens is 2. The lowest BCUT2D eigenvalue weighted by Crippen LogP contribution is -2.47. The molecule has 160 valence electrons. The molecule has 10 heteroatoms. The van der Waals surface area contributed by atoms with Crippen LogP contribution in [-0.2, 0) is 16.2 Å². The number of aryl methyl sites for hydroxylation is 1. The van der Waals surface area contributed by atoms with E-state index in [4.69, 9.17) is 32.9 Å². The minimum atomic E-state index is 0.426. The number of benzene rings is 2. The summed E-state index contributed by atoms with van der Waals surface area (Å²) < 4.78 is 0. The lowest BCUT2D eigenvalue weighted by molar-refractivity contribution is -0.201. The molecule has 1 N–H and O–H groups in total. The number of nitrogens with zero attached hydrogens (tertiary/aromatic N) is 5. The number of anilines is 2. The molecule has 0 saturated heterocycles. The van der Waals surface area contributed by atoms with Crippen molar-refractivity contribution in [3.63, 3.8) is 0 Å². The van der Waals surface area contributed by atoms with Gasteiger partial charge in [-0.25, -0.2) is 0 Å². The Bertz CT molecular complexity index is 1030. The lowest BCUT2D eigenvalue weighted by Gasteiger charge is -2.31. The zero-order chi connectivity index (χ0) is 21.8. The number of hydrazine groups is 2. The molecule has 30 heavy (non-hydrogen) atoms. The summed E-state index contributed by atoms with van der Waals surface area (Å²) in [4.78, 5) is 19.9. The molecule has 0 radical (unpaired) electrons. The summed E-state index contributed by atoms with van der Waals surface area (Å²) in [6, 6.07) is 7.76. The molecule has 2 heterocycles. The van der Waals surface area contributed by atoms with Crippen molar-refractivity contribution in [2.24, 2.45) is 0 Å². The molecule has 4 rings (SSSR count). The number of fused-ring (bicyclic) bond motifs is 2. The van der Waals surface area contributed by atoms with E-state index in [1.165, 1.54) is 10.5 Å². The smallest absolute Gasteiger partial charge is 0.114 e. The Morgan fingerprint density at radius 2 is 1.73 bits per heavy atom. The molecule has 0 aliphatic carbocycles. The third-order valence-electron chi connectivity index (χ3n) is 4.41. The second-order valence-electron chi connectivity index (χ2n) is 6.48. The molecule has 1 aromatic heterocycles. The molecule has 0 spiro atoms. The van der Waals surface area contributed by atoms with Crippen LogP contribution in [0.15, 0.2) is 36.7 Å². The van der Waals surface area contributed by atoms with Gasteiger partial charge in [-0.05, 0) is 38.7 Å². The normalized spacial score (nSPS) is 13.4. The summed E-state index contributed by atoms with van der Waals surface area (Å²) in [5.74, 6) is 0. The first-order chi connectivity index (χ1) is 14.5. The first kappa shape index (κ1) is 22.5. The molecule has 0 bridgehead atoms. The summed E-state index contributed by atoms with van der Waals surface area (Å²) in [6.07, 6.45) is 3.34. The van der Waals surface area contributed by atoms with Crippen molar-refractivity contribution in [3.05, 3.63) is 57.8 Å². The van der Waals surface area contributed by atoms with E-state index in [0.29, 0.717) is 22.3 Å². The fourth-order valence-electron chi connectivity index (χ4n) is 3.22. The maximum Gasteiger partial charge on any atom is 0.114 e. The Morgan fingerprint density at radius 1 is 1.03 bits per heavy atom. The third-order valence-corrected chi connectivity index (χ3v) is 5.36. The Kier molecular flexibility index (Phi) is 7.30. The number of para-hydroxylation sites is 1. The minimum Gasteiger partial charge on any atom is -0.323 e. The Hall–Kier alpha value is -2.20. The van der Waals surface area contributed by atoms with Gasteiger partial charge in [0.25, 0.3) is 0 Å². The monoisotopic (exact) mass is 450 g/mol. The summed E-state index contributed by atoms with van der Waals surface area (Å²) in [7, 11) is 6.86. The fraction of sp³-hybridized carbons (Fsp3) is 0.300. The van der Waals surface area contributed by atoms with Gasteiger partial charge in [-0.2, -0.15) is 0 Å². The predicted molar refractivity (Wildman–Crippen MR) is 120 cm³/mol. The van der Waals surface area contributed by atoms with Gasteiger partial charge >= 0.3 is 0 Å². The zero-order valence-electron chi connectivity index (χ0n) is 17.5. The Balaban J connectivity index is 0.000000806. The van der Waals surface area contributed by atoms with Gasteiger partial charge in [0.2, 0.25) is 0 Å². The van der Waals surface area contributed by atoms with Crippen molar-refractivity contribution in [3.8, 4) is 0 Å². The van der Waals surface area contributed by atoms with Crippen LogP contribution in [0.2, 0.25) is 10.0 Å². The van der Waals surface area contributed by atoms with Crippen LogP contribution in [0.1, 0.15) is 11.1 Å². The molecule has 1 aliphatic heterocycles. The molecule has 2 aromatic carbocycles. The summed E-state index contributed by atoms with van der Waals surface area (Å²) in [5, 5.41) is 8.52. The van der Waals surface area contributed by atoms with Crippen molar-refractivity contribution >= 4 is 45.6 Å². The number of hydrogen-bond donors (Lipinski definition) is 1. The molecule has 0 saturated carbocycles. The van der Waals surface area contributed by atoms with Gasteiger partial charge in [0.15, 0.2) is 0 Å². The van der Waals surface area contributed by atoms with E-state index >= 15 is 0 Å². The second-order valence-corrected chi connectivity index (χ2v) is 7.23. The molecule has 1 aliphatic rings. The molecule has 0 atom stereocenters. The van der Waals surface area contributed by atoms with Crippen molar-refractivity contribution < 1.29 is 9.68 Å². The molecule has 3 aromatic rings. The molecular weight excluding hydrogens is 427 g/mol. The highest BCUT2D eigenvalue weighted by molar-refractivity contribution is 6.44. The van der Waals surface area contributed by atoms with Crippen molar-refractivity contribution in [1.29, 1.82) is 0 Å². The lowest BCUT2D eigenvalue weighted by atomic mass is 10.1.